The van der Waals surface area contributed by atoms with Crippen molar-refractivity contribution >= 4 is 29.9 Å². The maximum atomic E-state index is 4.26. The third-order valence-corrected chi connectivity index (χ3v) is 4.24. The quantitative estimate of drug-likeness (QED) is 0.400. The molecule has 5 heteroatoms. The van der Waals surface area contributed by atoms with Crippen LogP contribution in [0.3, 0.4) is 0 Å². The van der Waals surface area contributed by atoms with E-state index in [0.29, 0.717) is 5.92 Å². The summed E-state index contributed by atoms with van der Waals surface area (Å²) < 4.78 is 0. The van der Waals surface area contributed by atoms with Gasteiger partial charge in [-0.05, 0) is 43.0 Å². The van der Waals surface area contributed by atoms with Crippen LogP contribution >= 0.6 is 24.0 Å². The summed E-state index contributed by atoms with van der Waals surface area (Å²) in [5.41, 5.74) is 2.71. The third kappa shape index (κ3) is 7.83. The molecule has 0 unspecified atom stereocenters. The minimum atomic E-state index is 0. The highest BCUT2D eigenvalue weighted by atomic mass is 127. The second-order valence-electron chi connectivity index (χ2n) is 6.85. The SMILES string of the molecule is CN=C(NCc1ccc(CN2CCCCC2)cc1)NCC(C)C.I. The first-order valence-electron chi connectivity index (χ1n) is 8.92. The van der Waals surface area contributed by atoms with Crippen molar-refractivity contribution in [3.05, 3.63) is 35.4 Å². The van der Waals surface area contributed by atoms with Crippen LogP contribution in [0, 0.1) is 5.92 Å². The van der Waals surface area contributed by atoms with Gasteiger partial charge in [-0.1, -0.05) is 44.5 Å². The van der Waals surface area contributed by atoms with Crippen molar-refractivity contribution in [3.8, 4) is 0 Å². The summed E-state index contributed by atoms with van der Waals surface area (Å²) in [4.78, 5) is 6.82. The molecule has 0 aromatic heterocycles. The normalized spacial score (nSPS) is 15.9. The number of nitrogens with zero attached hydrogens (tertiary/aromatic N) is 2. The fourth-order valence-electron chi connectivity index (χ4n) is 2.85. The van der Waals surface area contributed by atoms with Crippen LogP contribution in [0.1, 0.15) is 44.2 Å². The van der Waals surface area contributed by atoms with E-state index >= 15 is 0 Å². The summed E-state index contributed by atoms with van der Waals surface area (Å²) in [6, 6.07) is 8.97. The van der Waals surface area contributed by atoms with Crippen LogP contribution in [0.5, 0.6) is 0 Å². The number of benzene rings is 1. The lowest BCUT2D eigenvalue weighted by molar-refractivity contribution is 0.221. The first-order valence-corrected chi connectivity index (χ1v) is 8.92. The monoisotopic (exact) mass is 444 g/mol. The summed E-state index contributed by atoms with van der Waals surface area (Å²) in [6.45, 7) is 9.73. The van der Waals surface area contributed by atoms with E-state index in [1.165, 1.54) is 43.5 Å². The number of halogens is 1. The Bertz CT molecular complexity index is 479. The molecule has 1 aromatic carbocycles. The molecule has 0 radical (unpaired) electrons. The number of rotatable bonds is 6. The number of piperidine rings is 1. The largest absolute Gasteiger partial charge is 0.356 e. The number of guanidine groups is 1. The molecule has 0 aliphatic carbocycles. The smallest absolute Gasteiger partial charge is 0.191 e. The van der Waals surface area contributed by atoms with Crippen LogP contribution in [0.15, 0.2) is 29.3 Å². The molecule has 2 rings (SSSR count). The molecule has 136 valence electrons. The van der Waals surface area contributed by atoms with Gasteiger partial charge >= 0.3 is 0 Å². The zero-order chi connectivity index (χ0) is 16.5. The molecule has 24 heavy (non-hydrogen) atoms. The van der Waals surface area contributed by atoms with Gasteiger partial charge in [0.2, 0.25) is 0 Å². The Hall–Kier alpha value is -0.820. The van der Waals surface area contributed by atoms with E-state index in [9.17, 15) is 0 Å². The van der Waals surface area contributed by atoms with Gasteiger partial charge in [0.25, 0.3) is 0 Å². The van der Waals surface area contributed by atoms with Crippen LogP contribution in [-0.2, 0) is 13.1 Å². The molecular weight excluding hydrogens is 411 g/mol. The summed E-state index contributed by atoms with van der Waals surface area (Å²) in [5.74, 6) is 1.48. The number of likely N-dealkylation sites (tertiary alicyclic amines) is 1. The topological polar surface area (TPSA) is 39.7 Å². The lowest BCUT2D eigenvalue weighted by Crippen LogP contribution is -2.38. The molecule has 0 spiro atoms. The lowest BCUT2D eigenvalue weighted by Gasteiger charge is -2.26. The van der Waals surface area contributed by atoms with Crippen molar-refractivity contribution in [2.45, 2.75) is 46.2 Å². The van der Waals surface area contributed by atoms with Crippen LogP contribution in [0.2, 0.25) is 0 Å². The van der Waals surface area contributed by atoms with Crippen molar-refractivity contribution < 1.29 is 0 Å². The van der Waals surface area contributed by atoms with Crippen molar-refractivity contribution in [1.82, 2.24) is 15.5 Å². The molecule has 0 atom stereocenters. The third-order valence-electron chi connectivity index (χ3n) is 4.24. The molecule has 0 saturated carbocycles. The zero-order valence-corrected chi connectivity index (χ0v) is 17.7. The van der Waals surface area contributed by atoms with Crippen molar-refractivity contribution in [1.29, 1.82) is 0 Å². The van der Waals surface area contributed by atoms with Gasteiger partial charge in [0.05, 0.1) is 0 Å². The van der Waals surface area contributed by atoms with E-state index in [2.05, 4.69) is 58.6 Å². The summed E-state index contributed by atoms with van der Waals surface area (Å²) in [7, 11) is 1.82. The second kappa shape index (κ2) is 11.7. The molecule has 2 N–H and O–H groups in total. The Morgan fingerprint density at radius 3 is 2.25 bits per heavy atom. The Morgan fingerprint density at radius 2 is 1.67 bits per heavy atom. The Balaban J connectivity index is 0.00000288. The molecule has 1 aliphatic heterocycles. The summed E-state index contributed by atoms with van der Waals surface area (Å²) in [5, 5.41) is 6.71. The first kappa shape index (κ1) is 21.2. The Kier molecular flexibility index (Phi) is 10.3. The van der Waals surface area contributed by atoms with Gasteiger partial charge in [-0.3, -0.25) is 9.89 Å². The van der Waals surface area contributed by atoms with E-state index in [1.807, 2.05) is 7.05 Å². The van der Waals surface area contributed by atoms with Crippen molar-refractivity contribution in [2.75, 3.05) is 26.7 Å². The van der Waals surface area contributed by atoms with Gasteiger partial charge in [0.15, 0.2) is 5.96 Å². The number of nitrogens with one attached hydrogen (secondary N) is 2. The Labute approximate surface area is 164 Å². The van der Waals surface area contributed by atoms with Gasteiger partial charge < -0.3 is 10.6 Å². The van der Waals surface area contributed by atoms with Crippen LogP contribution in [0.4, 0.5) is 0 Å². The number of hydrogen-bond acceptors (Lipinski definition) is 2. The predicted octanol–water partition coefficient (Wildman–Crippen LogP) is 3.61. The molecule has 1 saturated heterocycles. The molecule has 0 amide bonds. The van der Waals surface area contributed by atoms with E-state index in [1.54, 1.807) is 0 Å². The summed E-state index contributed by atoms with van der Waals surface area (Å²) in [6.07, 6.45) is 4.10. The standard InChI is InChI=1S/C19H32N4.HI/c1-16(2)13-21-19(20-3)22-14-17-7-9-18(10-8-17)15-23-11-5-4-6-12-23;/h7-10,16H,4-6,11-15H2,1-3H3,(H2,20,21,22);1H. The minimum Gasteiger partial charge on any atom is -0.356 e. The molecule has 1 fully saturated rings. The van der Waals surface area contributed by atoms with Gasteiger partial charge in [0, 0.05) is 26.7 Å². The van der Waals surface area contributed by atoms with Gasteiger partial charge in [-0.15, -0.1) is 24.0 Å². The second-order valence-corrected chi connectivity index (χ2v) is 6.85. The van der Waals surface area contributed by atoms with Crippen LogP contribution in [0.25, 0.3) is 0 Å². The fraction of sp³-hybridized carbons (Fsp3) is 0.632. The van der Waals surface area contributed by atoms with E-state index in [0.717, 1.165) is 25.6 Å². The first-order chi connectivity index (χ1) is 11.2. The molecule has 1 heterocycles. The van der Waals surface area contributed by atoms with E-state index in [-0.39, 0.29) is 24.0 Å². The highest BCUT2D eigenvalue weighted by Gasteiger charge is 2.10. The van der Waals surface area contributed by atoms with Gasteiger partial charge in [-0.25, -0.2) is 0 Å². The zero-order valence-electron chi connectivity index (χ0n) is 15.3. The predicted molar refractivity (Wildman–Crippen MR) is 114 cm³/mol. The van der Waals surface area contributed by atoms with Crippen molar-refractivity contribution in [3.63, 3.8) is 0 Å². The maximum absolute atomic E-state index is 4.26. The van der Waals surface area contributed by atoms with Crippen molar-refractivity contribution in [2.24, 2.45) is 10.9 Å². The minimum absolute atomic E-state index is 0. The highest BCUT2D eigenvalue weighted by Crippen LogP contribution is 2.13. The number of hydrogen-bond donors (Lipinski definition) is 2. The average molecular weight is 444 g/mol. The lowest BCUT2D eigenvalue weighted by atomic mass is 10.1. The van der Waals surface area contributed by atoms with E-state index in [4.69, 9.17) is 0 Å². The maximum Gasteiger partial charge on any atom is 0.191 e. The molecule has 0 bridgehead atoms. The highest BCUT2D eigenvalue weighted by molar-refractivity contribution is 14.0. The molecular formula is C19H33IN4. The molecule has 4 nitrogen and oxygen atoms in total. The van der Waals surface area contributed by atoms with Crippen LogP contribution < -0.4 is 10.6 Å². The van der Waals surface area contributed by atoms with E-state index < -0.39 is 0 Å². The molecule has 1 aliphatic rings. The van der Waals surface area contributed by atoms with Gasteiger partial charge in [0.1, 0.15) is 0 Å². The number of aliphatic imine (C=N–C) groups is 1. The average Bonchev–Trinajstić information content (AvgIpc) is 2.57. The molecule has 1 aromatic rings. The Morgan fingerprint density at radius 1 is 1.04 bits per heavy atom. The van der Waals surface area contributed by atoms with Gasteiger partial charge in [-0.2, -0.15) is 0 Å². The summed E-state index contributed by atoms with van der Waals surface area (Å²) >= 11 is 0. The van der Waals surface area contributed by atoms with Crippen LogP contribution in [-0.4, -0.2) is 37.5 Å². The fourth-order valence-corrected chi connectivity index (χ4v) is 2.85.